The standard InChI is InChI=1S/C15H25NOS/c1-5-14(16-11-10-12(2)18-4)13-8-6-7-9-15(13)17-3/h6-9,12,14,16H,5,10-11H2,1-4H3. The van der Waals surface area contributed by atoms with E-state index in [9.17, 15) is 0 Å². The van der Waals surface area contributed by atoms with Gasteiger partial charge in [0.05, 0.1) is 7.11 Å². The van der Waals surface area contributed by atoms with E-state index < -0.39 is 0 Å². The molecule has 0 amide bonds. The van der Waals surface area contributed by atoms with Crippen LogP contribution in [0.25, 0.3) is 0 Å². The van der Waals surface area contributed by atoms with Gasteiger partial charge < -0.3 is 10.1 Å². The number of para-hydroxylation sites is 1. The maximum absolute atomic E-state index is 5.43. The molecule has 0 fully saturated rings. The van der Waals surface area contributed by atoms with Gasteiger partial charge in [0, 0.05) is 16.9 Å². The molecule has 0 heterocycles. The molecule has 3 heteroatoms. The zero-order valence-electron chi connectivity index (χ0n) is 11.9. The molecule has 0 saturated heterocycles. The summed E-state index contributed by atoms with van der Waals surface area (Å²) in [4.78, 5) is 0. The fourth-order valence-corrected chi connectivity index (χ4v) is 2.36. The highest BCUT2D eigenvalue weighted by Crippen LogP contribution is 2.26. The van der Waals surface area contributed by atoms with Gasteiger partial charge in [-0.3, -0.25) is 0 Å². The van der Waals surface area contributed by atoms with Crippen LogP contribution in [-0.2, 0) is 0 Å². The van der Waals surface area contributed by atoms with Crippen molar-refractivity contribution in [3.8, 4) is 5.75 Å². The zero-order valence-corrected chi connectivity index (χ0v) is 12.7. The minimum atomic E-state index is 0.384. The average molecular weight is 267 g/mol. The molecule has 2 atom stereocenters. The molecule has 1 N–H and O–H groups in total. The topological polar surface area (TPSA) is 21.3 Å². The van der Waals surface area contributed by atoms with Crippen molar-refractivity contribution in [2.24, 2.45) is 0 Å². The lowest BCUT2D eigenvalue weighted by molar-refractivity contribution is 0.396. The quantitative estimate of drug-likeness (QED) is 0.772. The fraction of sp³-hybridized carbons (Fsp3) is 0.600. The van der Waals surface area contributed by atoms with Gasteiger partial charge in [-0.2, -0.15) is 11.8 Å². The van der Waals surface area contributed by atoms with E-state index in [0.717, 1.165) is 18.7 Å². The lowest BCUT2D eigenvalue weighted by Gasteiger charge is -2.20. The summed E-state index contributed by atoms with van der Waals surface area (Å²) < 4.78 is 5.43. The van der Waals surface area contributed by atoms with E-state index in [2.05, 4.69) is 37.6 Å². The highest BCUT2D eigenvalue weighted by atomic mass is 32.2. The summed E-state index contributed by atoms with van der Waals surface area (Å²) in [7, 11) is 1.74. The minimum Gasteiger partial charge on any atom is -0.496 e. The number of hydrogen-bond acceptors (Lipinski definition) is 3. The Hall–Kier alpha value is -0.670. The first-order valence-corrected chi connectivity index (χ1v) is 7.90. The van der Waals surface area contributed by atoms with Gasteiger partial charge in [0.2, 0.25) is 0 Å². The Bertz CT molecular complexity index is 343. The van der Waals surface area contributed by atoms with Crippen LogP contribution < -0.4 is 10.1 Å². The van der Waals surface area contributed by atoms with Crippen molar-refractivity contribution in [2.45, 2.75) is 38.0 Å². The molecule has 0 saturated carbocycles. The summed E-state index contributed by atoms with van der Waals surface area (Å²) >= 11 is 1.92. The van der Waals surface area contributed by atoms with Crippen LogP contribution in [0.4, 0.5) is 0 Å². The van der Waals surface area contributed by atoms with Crippen LogP contribution in [0, 0.1) is 0 Å². The van der Waals surface area contributed by atoms with E-state index in [0.29, 0.717) is 11.3 Å². The molecule has 18 heavy (non-hydrogen) atoms. The average Bonchev–Trinajstić information content (AvgIpc) is 2.43. The normalized spacial score (nSPS) is 14.2. The summed E-state index contributed by atoms with van der Waals surface area (Å²) in [6.07, 6.45) is 4.45. The number of benzene rings is 1. The van der Waals surface area contributed by atoms with Crippen LogP contribution >= 0.6 is 11.8 Å². The molecule has 1 aromatic carbocycles. The maximum Gasteiger partial charge on any atom is 0.123 e. The second-order valence-electron chi connectivity index (χ2n) is 4.49. The first-order chi connectivity index (χ1) is 8.72. The summed E-state index contributed by atoms with van der Waals surface area (Å²) in [5.74, 6) is 0.981. The molecular weight excluding hydrogens is 242 g/mol. The van der Waals surface area contributed by atoms with Gasteiger partial charge in [-0.05, 0) is 31.7 Å². The van der Waals surface area contributed by atoms with Crippen LogP contribution in [0.15, 0.2) is 24.3 Å². The summed E-state index contributed by atoms with van der Waals surface area (Å²) in [5.41, 5.74) is 1.26. The van der Waals surface area contributed by atoms with E-state index in [-0.39, 0.29) is 0 Å². The van der Waals surface area contributed by atoms with E-state index in [1.165, 1.54) is 12.0 Å². The first kappa shape index (κ1) is 15.4. The van der Waals surface area contributed by atoms with Gasteiger partial charge in [0.1, 0.15) is 5.75 Å². The number of hydrogen-bond donors (Lipinski definition) is 1. The Morgan fingerprint density at radius 3 is 2.67 bits per heavy atom. The van der Waals surface area contributed by atoms with Gasteiger partial charge in [-0.25, -0.2) is 0 Å². The van der Waals surface area contributed by atoms with Crippen molar-refractivity contribution in [2.75, 3.05) is 19.9 Å². The van der Waals surface area contributed by atoms with E-state index in [1.807, 2.05) is 23.9 Å². The molecule has 0 aliphatic heterocycles. The van der Waals surface area contributed by atoms with Crippen molar-refractivity contribution in [3.63, 3.8) is 0 Å². The highest BCUT2D eigenvalue weighted by molar-refractivity contribution is 7.99. The number of methoxy groups -OCH3 is 1. The number of thioether (sulfide) groups is 1. The van der Waals surface area contributed by atoms with Gasteiger partial charge in [0.25, 0.3) is 0 Å². The van der Waals surface area contributed by atoms with Crippen molar-refractivity contribution in [1.82, 2.24) is 5.32 Å². The Morgan fingerprint density at radius 1 is 1.33 bits per heavy atom. The van der Waals surface area contributed by atoms with E-state index >= 15 is 0 Å². The van der Waals surface area contributed by atoms with Crippen molar-refractivity contribution < 1.29 is 4.74 Å². The molecule has 0 aliphatic carbocycles. The molecule has 0 spiro atoms. The third-order valence-corrected chi connectivity index (χ3v) is 4.31. The monoisotopic (exact) mass is 267 g/mol. The molecule has 1 aromatic rings. The Kier molecular flexibility index (Phi) is 7.21. The molecule has 1 rings (SSSR count). The third kappa shape index (κ3) is 4.54. The molecule has 102 valence electrons. The SMILES string of the molecule is CCC(NCCC(C)SC)c1ccccc1OC. The van der Waals surface area contributed by atoms with Crippen molar-refractivity contribution in [1.29, 1.82) is 0 Å². The van der Waals surface area contributed by atoms with Gasteiger partial charge in [-0.15, -0.1) is 0 Å². The molecular formula is C15H25NOS. The molecule has 0 aliphatic rings. The van der Waals surface area contributed by atoms with Crippen LogP contribution in [-0.4, -0.2) is 25.2 Å². The molecule has 2 unspecified atom stereocenters. The van der Waals surface area contributed by atoms with Crippen LogP contribution in [0.3, 0.4) is 0 Å². The highest BCUT2D eigenvalue weighted by Gasteiger charge is 2.13. The predicted octanol–water partition coefficient (Wildman–Crippen LogP) is 3.88. The third-order valence-electron chi connectivity index (χ3n) is 3.27. The van der Waals surface area contributed by atoms with Crippen molar-refractivity contribution in [3.05, 3.63) is 29.8 Å². The van der Waals surface area contributed by atoms with E-state index in [4.69, 9.17) is 4.74 Å². The summed E-state index contributed by atoms with van der Waals surface area (Å²) in [5, 5.41) is 4.35. The Balaban J connectivity index is 2.59. The first-order valence-electron chi connectivity index (χ1n) is 6.62. The number of ether oxygens (including phenoxy) is 1. The molecule has 0 bridgehead atoms. The fourth-order valence-electron chi connectivity index (χ4n) is 2.01. The second-order valence-corrected chi connectivity index (χ2v) is 5.77. The smallest absolute Gasteiger partial charge is 0.123 e. The minimum absolute atomic E-state index is 0.384. The Morgan fingerprint density at radius 2 is 2.06 bits per heavy atom. The van der Waals surface area contributed by atoms with Gasteiger partial charge in [-0.1, -0.05) is 32.0 Å². The summed E-state index contributed by atoms with van der Waals surface area (Å²) in [6.45, 7) is 5.54. The van der Waals surface area contributed by atoms with Gasteiger partial charge in [0.15, 0.2) is 0 Å². The lowest BCUT2D eigenvalue weighted by atomic mass is 10.0. The van der Waals surface area contributed by atoms with Crippen molar-refractivity contribution >= 4 is 11.8 Å². The van der Waals surface area contributed by atoms with Crippen LogP contribution in [0.1, 0.15) is 38.3 Å². The van der Waals surface area contributed by atoms with E-state index in [1.54, 1.807) is 7.11 Å². The van der Waals surface area contributed by atoms with Crippen LogP contribution in [0.5, 0.6) is 5.75 Å². The number of rotatable bonds is 8. The lowest BCUT2D eigenvalue weighted by Crippen LogP contribution is -2.24. The molecule has 0 radical (unpaired) electrons. The second kappa shape index (κ2) is 8.44. The maximum atomic E-state index is 5.43. The molecule has 0 aromatic heterocycles. The molecule has 2 nitrogen and oxygen atoms in total. The predicted molar refractivity (Wildman–Crippen MR) is 81.6 cm³/mol. The zero-order chi connectivity index (χ0) is 13.4. The number of nitrogens with one attached hydrogen (secondary N) is 1. The Labute approximate surface area is 116 Å². The largest absolute Gasteiger partial charge is 0.496 e. The summed E-state index contributed by atoms with van der Waals surface area (Å²) in [6, 6.07) is 8.66. The van der Waals surface area contributed by atoms with Crippen LogP contribution in [0.2, 0.25) is 0 Å². The van der Waals surface area contributed by atoms with Gasteiger partial charge >= 0.3 is 0 Å².